The van der Waals surface area contributed by atoms with Gasteiger partial charge < -0.3 is 20.1 Å². The zero-order valence-corrected chi connectivity index (χ0v) is 18.0. The van der Waals surface area contributed by atoms with E-state index in [-0.39, 0.29) is 5.92 Å². The molecule has 170 valence electrons. The summed E-state index contributed by atoms with van der Waals surface area (Å²) in [6.45, 7) is 7.11. The number of nitrogens with one attached hydrogen (secondary N) is 2. The van der Waals surface area contributed by atoms with E-state index in [0.717, 1.165) is 18.7 Å². The molecule has 0 saturated carbocycles. The standard InChI is InChI=1S/C22H37N3O5/c1-16(2)14-19(22(28)29)24-21(27)18(9-8-17-6-4-3-5-7-17)23-20(26)15-25-10-12-30-13-11-25/h3-7,16,18-21,23-24,26-27H,8-15H2,1-2H3,(H,28,29)/t18-,19-,20?,21?/m0/s1. The molecule has 1 aliphatic rings. The normalized spacial score (nSPS) is 19.4. The number of nitrogens with zero attached hydrogens (tertiary/aromatic N) is 1. The Bertz CT molecular complexity index is 610. The van der Waals surface area contributed by atoms with Gasteiger partial charge in [-0.2, -0.15) is 0 Å². The Labute approximate surface area is 179 Å². The third-order valence-electron chi connectivity index (χ3n) is 5.29. The third-order valence-corrected chi connectivity index (χ3v) is 5.29. The molecule has 2 rings (SSSR count). The molecule has 1 heterocycles. The molecule has 0 amide bonds. The number of β-amino-alcohol motifs (C(OH)–C–C–N with tert-alkyl or cyclic N) is 1. The molecule has 0 spiro atoms. The lowest BCUT2D eigenvalue weighted by molar-refractivity contribution is -0.141. The lowest BCUT2D eigenvalue weighted by Gasteiger charge is -2.33. The van der Waals surface area contributed by atoms with Gasteiger partial charge in [0, 0.05) is 25.7 Å². The monoisotopic (exact) mass is 423 g/mol. The summed E-state index contributed by atoms with van der Waals surface area (Å²) in [6, 6.07) is 8.55. The highest BCUT2D eigenvalue weighted by Crippen LogP contribution is 2.11. The van der Waals surface area contributed by atoms with Gasteiger partial charge in [-0.05, 0) is 30.7 Å². The number of aliphatic hydroxyl groups is 2. The molecule has 30 heavy (non-hydrogen) atoms. The summed E-state index contributed by atoms with van der Waals surface area (Å²) in [4.78, 5) is 13.7. The number of aliphatic carboxylic acids is 1. The van der Waals surface area contributed by atoms with Crippen molar-refractivity contribution in [1.29, 1.82) is 0 Å². The summed E-state index contributed by atoms with van der Waals surface area (Å²) in [5.41, 5.74) is 1.12. The molecule has 0 bridgehead atoms. The first-order valence-corrected chi connectivity index (χ1v) is 10.8. The quantitative estimate of drug-likeness (QED) is 0.294. The minimum atomic E-state index is -1.10. The number of hydrogen-bond donors (Lipinski definition) is 5. The average molecular weight is 424 g/mol. The highest BCUT2D eigenvalue weighted by molar-refractivity contribution is 5.73. The van der Waals surface area contributed by atoms with Gasteiger partial charge >= 0.3 is 5.97 Å². The second kappa shape index (κ2) is 13.0. The first-order valence-electron chi connectivity index (χ1n) is 10.8. The molecule has 2 unspecified atom stereocenters. The number of aliphatic hydroxyl groups excluding tert-OH is 2. The number of aryl methyl sites for hydroxylation is 1. The van der Waals surface area contributed by atoms with Crippen molar-refractivity contribution in [2.75, 3.05) is 32.8 Å². The third kappa shape index (κ3) is 9.07. The van der Waals surface area contributed by atoms with Crippen molar-refractivity contribution in [3.05, 3.63) is 35.9 Å². The Morgan fingerprint density at radius 3 is 2.40 bits per heavy atom. The van der Waals surface area contributed by atoms with E-state index in [1.54, 1.807) is 0 Å². The maximum atomic E-state index is 11.6. The molecular formula is C22H37N3O5. The fourth-order valence-corrected chi connectivity index (χ4v) is 3.66. The van der Waals surface area contributed by atoms with Gasteiger partial charge in [0.15, 0.2) is 0 Å². The highest BCUT2D eigenvalue weighted by atomic mass is 16.5. The van der Waals surface area contributed by atoms with E-state index < -0.39 is 30.5 Å². The molecule has 0 aromatic heterocycles. The van der Waals surface area contributed by atoms with Crippen molar-refractivity contribution in [1.82, 2.24) is 15.5 Å². The van der Waals surface area contributed by atoms with E-state index in [2.05, 4.69) is 15.5 Å². The first-order chi connectivity index (χ1) is 14.3. The minimum Gasteiger partial charge on any atom is -0.480 e. The predicted octanol–water partition coefficient (Wildman–Crippen LogP) is 0.635. The van der Waals surface area contributed by atoms with Crippen LogP contribution in [0.15, 0.2) is 30.3 Å². The van der Waals surface area contributed by atoms with Crippen LogP contribution in [-0.4, -0.2) is 83.6 Å². The van der Waals surface area contributed by atoms with Crippen LogP contribution < -0.4 is 10.6 Å². The molecule has 4 atom stereocenters. The number of ether oxygens (including phenoxy) is 1. The lowest BCUT2D eigenvalue weighted by atomic mass is 10.0. The van der Waals surface area contributed by atoms with Crippen molar-refractivity contribution in [2.45, 2.75) is 57.6 Å². The van der Waals surface area contributed by atoms with Crippen molar-refractivity contribution < 1.29 is 24.9 Å². The van der Waals surface area contributed by atoms with Crippen LogP contribution >= 0.6 is 0 Å². The minimum absolute atomic E-state index is 0.174. The second-order valence-corrected chi connectivity index (χ2v) is 8.36. The topological polar surface area (TPSA) is 114 Å². The van der Waals surface area contributed by atoms with E-state index in [1.807, 2.05) is 44.2 Å². The van der Waals surface area contributed by atoms with Gasteiger partial charge in [-0.15, -0.1) is 0 Å². The lowest BCUT2D eigenvalue weighted by Crippen LogP contribution is -2.57. The zero-order chi connectivity index (χ0) is 21.9. The molecule has 0 radical (unpaired) electrons. The molecule has 1 aromatic carbocycles. The van der Waals surface area contributed by atoms with E-state index in [4.69, 9.17) is 4.74 Å². The number of morpholine rings is 1. The van der Waals surface area contributed by atoms with Crippen molar-refractivity contribution in [3.63, 3.8) is 0 Å². The Morgan fingerprint density at radius 2 is 1.80 bits per heavy atom. The number of carbonyl (C=O) groups is 1. The summed E-state index contributed by atoms with van der Waals surface area (Å²) in [5.74, 6) is -0.813. The molecule has 1 fully saturated rings. The first kappa shape index (κ1) is 24.7. The van der Waals surface area contributed by atoms with Crippen molar-refractivity contribution >= 4 is 5.97 Å². The van der Waals surface area contributed by atoms with E-state index in [0.29, 0.717) is 39.0 Å². The average Bonchev–Trinajstić information content (AvgIpc) is 2.71. The smallest absolute Gasteiger partial charge is 0.320 e. The summed E-state index contributed by atoms with van der Waals surface area (Å²) < 4.78 is 5.34. The number of carboxylic acid groups (broad SMARTS) is 1. The second-order valence-electron chi connectivity index (χ2n) is 8.36. The van der Waals surface area contributed by atoms with Gasteiger partial charge in [0.1, 0.15) is 18.5 Å². The number of rotatable bonds is 13. The number of carboxylic acids is 1. The summed E-state index contributed by atoms with van der Waals surface area (Å²) in [5, 5.41) is 36.8. The van der Waals surface area contributed by atoms with Crippen molar-refractivity contribution in [3.8, 4) is 0 Å². The van der Waals surface area contributed by atoms with Crippen LogP contribution in [0, 0.1) is 5.92 Å². The zero-order valence-electron chi connectivity index (χ0n) is 18.0. The Hall–Kier alpha value is -1.55. The molecule has 8 nitrogen and oxygen atoms in total. The summed E-state index contributed by atoms with van der Waals surface area (Å²) in [6.07, 6.45) is -0.286. The Kier molecular flexibility index (Phi) is 10.7. The summed E-state index contributed by atoms with van der Waals surface area (Å²) >= 11 is 0. The maximum Gasteiger partial charge on any atom is 0.320 e. The number of hydrogen-bond acceptors (Lipinski definition) is 7. The van der Waals surface area contributed by atoms with Crippen LogP contribution in [-0.2, 0) is 16.0 Å². The molecule has 0 aliphatic carbocycles. The van der Waals surface area contributed by atoms with Crippen LogP contribution in [0.2, 0.25) is 0 Å². The molecule has 8 heteroatoms. The predicted molar refractivity (Wildman–Crippen MR) is 115 cm³/mol. The molecule has 1 saturated heterocycles. The molecule has 1 aromatic rings. The molecule has 1 aliphatic heterocycles. The largest absolute Gasteiger partial charge is 0.480 e. The SMILES string of the molecule is CC(C)C[C@H](NC(O)[C@H](CCc1ccccc1)NC(O)CN1CCOCC1)C(=O)O. The van der Waals surface area contributed by atoms with Gasteiger partial charge in [0.05, 0.1) is 13.2 Å². The highest BCUT2D eigenvalue weighted by Gasteiger charge is 2.28. The Morgan fingerprint density at radius 1 is 1.13 bits per heavy atom. The van der Waals surface area contributed by atoms with Gasteiger partial charge in [-0.1, -0.05) is 44.2 Å². The van der Waals surface area contributed by atoms with E-state index >= 15 is 0 Å². The van der Waals surface area contributed by atoms with Gasteiger partial charge in [0.25, 0.3) is 0 Å². The van der Waals surface area contributed by atoms with Crippen molar-refractivity contribution in [2.24, 2.45) is 5.92 Å². The van der Waals surface area contributed by atoms with Crippen LogP contribution in [0.3, 0.4) is 0 Å². The van der Waals surface area contributed by atoms with Gasteiger partial charge in [-0.25, -0.2) is 0 Å². The van der Waals surface area contributed by atoms with Crippen LogP contribution in [0.5, 0.6) is 0 Å². The summed E-state index contributed by atoms with van der Waals surface area (Å²) in [7, 11) is 0. The molecular weight excluding hydrogens is 386 g/mol. The van der Waals surface area contributed by atoms with E-state index in [1.165, 1.54) is 0 Å². The van der Waals surface area contributed by atoms with Gasteiger partial charge in [0.2, 0.25) is 0 Å². The molecule has 5 N–H and O–H groups in total. The van der Waals surface area contributed by atoms with Gasteiger partial charge in [-0.3, -0.25) is 20.3 Å². The maximum absolute atomic E-state index is 11.6. The van der Waals surface area contributed by atoms with Crippen LogP contribution in [0.1, 0.15) is 32.3 Å². The Balaban J connectivity index is 1.99. The van der Waals surface area contributed by atoms with Crippen LogP contribution in [0.25, 0.3) is 0 Å². The van der Waals surface area contributed by atoms with Crippen LogP contribution in [0.4, 0.5) is 0 Å². The number of benzene rings is 1. The fourth-order valence-electron chi connectivity index (χ4n) is 3.66. The fraction of sp³-hybridized carbons (Fsp3) is 0.682. The van der Waals surface area contributed by atoms with E-state index in [9.17, 15) is 20.1 Å².